The topological polar surface area (TPSA) is 34.0 Å². The summed E-state index contributed by atoms with van der Waals surface area (Å²) >= 11 is 0. The third kappa shape index (κ3) is 7.98. The SMILES string of the molecule is CCCCCCN(CCCCCC)Cn1cncn1. The second-order valence-corrected chi connectivity index (χ2v) is 5.32. The number of rotatable bonds is 12. The van der Waals surface area contributed by atoms with E-state index in [-0.39, 0.29) is 0 Å². The zero-order valence-corrected chi connectivity index (χ0v) is 12.7. The molecule has 0 aromatic carbocycles. The molecule has 1 aromatic heterocycles. The first-order valence-electron chi connectivity index (χ1n) is 7.91. The van der Waals surface area contributed by atoms with Crippen molar-refractivity contribution in [2.75, 3.05) is 13.1 Å². The smallest absolute Gasteiger partial charge is 0.137 e. The van der Waals surface area contributed by atoms with E-state index < -0.39 is 0 Å². The molecule has 110 valence electrons. The third-order valence-corrected chi connectivity index (χ3v) is 3.47. The highest BCUT2D eigenvalue weighted by atomic mass is 15.4. The van der Waals surface area contributed by atoms with Gasteiger partial charge in [-0.2, -0.15) is 5.10 Å². The molecule has 0 radical (unpaired) electrons. The number of hydrogen-bond acceptors (Lipinski definition) is 3. The van der Waals surface area contributed by atoms with Gasteiger partial charge in [0.15, 0.2) is 0 Å². The summed E-state index contributed by atoms with van der Waals surface area (Å²) in [5.41, 5.74) is 0. The average Bonchev–Trinajstić information content (AvgIpc) is 2.92. The Morgan fingerprint density at radius 2 is 1.53 bits per heavy atom. The van der Waals surface area contributed by atoms with Gasteiger partial charge in [-0.3, -0.25) is 4.90 Å². The van der Waals surface area contributed by atoms with E-state index in [4.69, 9.17) is 0 Å². The maximum atomic E-state index is 4.21. The van der Waals surface area contributed by atoms with Crippen molar-refractivity contribution in [1.29, 1.82) is 0 Å². The van der Waals surface area contributed by atoms with Crippen LogP contribution in [-0.4, -0.2) is 32.8 Å². The van der Waals surface area contributed by atoms with Crippen LogP contribution in [0.25, 0.3) is 0 Å². The van der Waals surface area contributed by atoms with Crippen LogP contribution in [0.2, 0.25) is 0 Å². The molecule has 0 aliphatic heterocycles. The molecule has 0 spiro atoms. The minimum absolute atomic E-state index is 0.887. The van der Waals surface area contributed by atoms with Crippen molar-refractivity contribution < 1.29 is 0 Å². The summed E-state index contributed by atoms with van der Waals surface area (Å²) in [5, 5.41) is 4.21. The third-order valence-electron chi connectivity index (χ3n) is 3.47. The fourth-order valence-electron chi connectivity index (χ4n) is 2.29. The molecule has 0 saturated heterocycles. The summed E-state index contributed by atoms with van der Waals surface area (Å²) in [7, 11) is 0. The van der Waals surface area contributed by atoms with Crippen molar-refractivity contribution >= 4 is 0 Å². The van der Waals surface area contributed by atoms with E-state index >= 15 is 0 Å². The lowest BCUT2D eigenvalue weighted by Gasteiger charge is -2.22. The Labute approximate surface area is 118 Å². The fraction of sp³-hybridized carbons (Fsp3) is 0.867. The Bertz CT molecular complexity index is 272. The van der Waals surface area contributed by atoms with E-state index in [2.05, 4.69) is 28.8 Å². The standard InChI is InChI=1S/C15H30N4/c1-3-5-7-9-11-18(12-10-8-6-4-2)15-19-14-16-13-17-19/h13-14H,3-12,15H2,1-2H3. The first kappa shape index (κ1) is 16.2. The van der Waals surface area contributed by atoms with Gasteiger partial charge in [0.2, 0.25) is 0 Å². The summed E-state index contributed by atoms with van der Waals surface area (Å²) in [6.07, 6.45) is 14.0. The van der Waals surface area contributed by atoms with E-state index in [9.17, 15) is 0 Å². The molecular formula is C15H30N4. The predicted molar refractivity (Wildman–Crippen MR) is 79.9 cm³/mol. The monoisotopic (exact) mass is 266 g/mol. The molecule has 0 N–H and O–H groups in total. The van der Waals surface area contributed by atoms with Crippen molar-refractivity contribution in [3.05, 3.63) is 12.7 Å². The second kappa shape index (κ2) is 11.0. The minimum Gasteiger partial charge on any atom is -0.284 e. The molecule has 0 atom stereocenters. The van der Waals surface area contributed by atoms with E-state index in [1.54, 1.807) is 6.33 Å². The van der Waals surface area contributed by atoms with Crippen LogP contribution in [0.5, 0.6) is 0 Å². The molecule has 0 aliphatic carbocycles. The van der Waals surface area contributed by atoms with Crippen LogP contribution in [0.1, 0.15) is 65.2 Å². The van der Waals surface area contributed by atoms with Crippen molar-refractivity contribution in [3.63, 3.8) is 0 Å². The van der Waals surface area contributed by atoms with Gasteiger partial charge < -0.3 is 0 Å². The van der Waals surface area contributed by atoms with Crippen LogP contribution in [0.4, 0.5) is 0 Å². The zero-order chi connectivity index (χ0) is 13.8. The molecule has 1 rings (SSSR count). The molecule has 19 heavy (non-hydrogen) atoms. The van der Waals surface area contributed by atoms with E-state index in [1.165, 1.54) is 64.5 Å². The van der Waals surface area contributed by atoms with Gasteiger partial charge in [-0.25, -0.2) is 9.67 Å². The molecule has 0 fully saturated rings. The zero-order valence-electron chi connectivity index (χ0n) is 12.7. The Morgan fingerprint density at radius 3 is 2.00 bits per heavy atom. The lowest BCUT2D eigenvalue weighted by Crippen LogP contribution is -2.29. The minimum atomic E-state index is 0.887. The normalized spacial score (nSPS) is 11.3. The number of unbranched alkanes of at least 4 members (excludes halogenated alkanes) is 6. The van der Waals surface area contributed by atoms with Crippen LogP contribution < -0.4 is 0 Å². The number of hydrogen-bond donors (Lipinski definition) is 0. The average molecular weight is 266 g/mol. The predicted octanol–water partition coefficient (Wildman–Crippen LogP) is 3.70. The Balaban J connectivity index is 2.25. The van der Waals surface area contributed by atoms with Gasteiger partial charge in [0.25, 0.3) is 0 Å². The molecule has 0 amide bonds. The maximum absolute atomic E-state index is 4.21. The highest BCUT2D eigenvalue weighted by molar-refractivity contribution is 4.60. The van der Waals surface area contributed by atoms with Crippen LogP contribution >= 0.6 is 0 Å². The van der Waals surface area contributed by atoms with Crippen LogP contribution in [0.3, 0.4) is 0 Å². The lowest BCUT2D eigenvalue weighted by atomic mass is 10.2. The summed E-state index contributed by atoms with van der Waals surface area (Å²) in [5.74, 6) is 0. The summed E-state index contributed by atoms with van der Waals surface area (Å²) in [6.45, 7) is 7.78. The van der Waals surface area contributed by atoms with Gasteiger partial charge >= 0.3 is 0 Å². The molecule has 4 nitrogen and oxygen atoms in total. The quantitative estimate of drug-likeness (QED) is 0.541. The fourth-order valence-corrected chi connectivity index (χ4v) is 2.29. The first-order chi connectivity index (χ1) is 9.36. The van der Waals surface area contributed by atoms with Gasteiger partial charge in [0.1, 0.15) is 12.7 Å². The van der Waals surface area contributed by atoms with Crippen LogP contribution in [0, 0.1) is 0 Å². The van der Waals surface area contributed by atoms with Gasteiger partial charge in [-0.15, -0.1) is 0 Å². The summed E-state index contributed by atoms with van der Waals surface area (Å²) in [6, 6.07) is 0. The van der Waals surface area contributed by atoms with Gasteiger partial charge in [-0.05, 0) is 25.9 Å². The largest absolute Gasteiger partial charge is 0.284 e. The first-order valence-corrected chi connectivity index (χ1v) is 7.91. The Morgan fingerprint density at radius 1 is 0.895 bits per heavy atom. The highest BCUT2D eigenvalue weighted by Gasteiger charge is 2.05. The molecule has 1 aromatic rings. The molecule has 0 saturated carbocycles. The van der Waals surface area contributed by atoms with Crippen LogP contribution in [0.15, 0.2) is 12.7 Å². The van der Waals surface area contributed by atoms with Crippen molar-refractivity contribution in [1.82, 2.24) is 19.7 Å². The number of aromatic nitrogens is 3. The van der Waals surface area contributed by atoms with Gasteiger partial charge in [0.05, 0.1) is 6.67 Å². The molecular weight excluding hydrogens is 236 g/mol. The highest BCUT2D eigenvalue weighted by Crippen LogP contribution is 2.06. The van der Waals surface area contributed by atoms with Crippen LogP contribution in [-0.2, 0) is 6.67 Å². The van der Waals surface area contributed by atoms with Crippen molar-refractivity contribution in [3.8, 4) is 0 Å². The van der Waals surface area contributed by atoms with E-state index in [0.717, 1.165) is 6.67 Å². The Hall–Kier alpha value is -0.900. The van der Waals surface area contributed by atoms with Crippen molar-refractivity contribution in [2.24, 2.45) is 0 Å². The van der Waals surface area contributed by atoms with Gasteiger partial charge in [0, 0.05) is 0 Å². The van der Waals surface area contributed by atoms with E-state index in [1.807, 2.05) is 11.0 Å². The van der Waals surface area contributed by atoms with E-state index in [0.29, 0.717) is 0 Å². The molecule has 4 heteroatoms. The lowest BCUT2D eigenvalue weighted by molar-refractivity contribution is 0.198. The Kier molecular flexibility index (Phi) is 9.33. The molecule has 0 bridgehead atoms. The molecule has 0 aliphatic rings. The molecule has 1 heterocycles. The maximum Gasteiger partial charge on any atom is 0.137 e. The second-order valence-electron chi connectivity index (χ2n) is 5.32. The summed E-state index contributed by atoms with van der Waals surface area (Å²) < 4.78 is 1.93. The van der Waals surface area contributed by atoms with Gasteiger partial charge in [-0.1, -0.05) is 52.4 Å². The summed E-state index contributed by atoms with van der Waals surface area (Å²) in [4.78, 5) is 6.53. The molecule has 0 unspecified atom stereocenters. The van der Waals surface area contributed by atoms with Crippen molar-refractivity contribution in [2.45, 2.75) is 71.9 Å². The number of nitrogens with zero attached hydrogens (tertiary/aromatic N) is 4.